The van der Waals surface area contributed by atoms with E-state index in [9.17, 15) is 4.79 Å². The predicted molar refractivity (Wildman–Crippen MR) is 83.2 cm³/mol. The number of ether oxygens (including phenoxy) is 1. The molecule has 1 atom stereocenters. The van der Waals surface area contributed by atoms with Gasteiger partial charge in [-0.25, -0.2) is 0 Å². The van der Waals surface area contributed by atoms with Crippen molar-refractivity contribution >= 4 is 23.2 Å². The van der Waals surface area contributed by atoms with Crippen molar-refractivity contribution < 1.29 is 9.53 Å². The normalized spacial score (nSPS) is 11.6. The number of rotatable bonds is 5. The summed E-state index contributed by atoms with van der Waals surface area (Å²) in [7, 11) is 1.62. The zero-order chi connectivity index (χ0) is 15.0. The van der Waals surface area contributed by atoms with Crippen molar-refractivity contribution in [2.24, 2.45) is 0 Å². The van der Waals surface area contributed by atoms with Gasteiger partial charge < -0.3 is 10.1 Å². The Bertz CT molecular complexity index is 465. The standard InChI is InChI=1S/C14H21N3O2S/c1-10-6-4-5-7-12(10)8-13(18)16-17-14(20)15-11(2)9-19-3/h4-7,11H,8-9H2,1-3H3,(H,16,18)(H2,15,17,20)/t11-/m1/s1. The van der Waals surface area contributed by atoms with E-state index < -0.39 is 0 Å². The average Bonchev–Trinajstić information content (AvgIpc) is 2.39. The highest BCUT2D eigenvalue weighted by Crippen LogP contribution is 2.07. The Morgan fingerprint density at radius 2 is 2.05 bits per heavy atom. The van der Waals surface area contributed by atoms with Crippen LogP contribution >= 0.6 is 12.2 Å². The summed E-state index contributed by atoms with van der Waals surface area (Å²) in [6.45, 7) is 4.46. The summed E-state index contributed by atoms with van der Waals surface area (Å²) in [4.78, 5) is 11.8. The third-order valence-corrected chi connectivity index (χ3v) is 2.94. The van der Waals surface area contributed by atoms with Crippen molar-refractivity contribution in [3.63, 3.8) is 0 Å². The van der Waals surface area contributed by atoms with Crippen molar-refractivity contribution in [2.45, 2.75) is 26.3 Å². The molecule has 20 heavy (non-hydrogen) atoms. The topological polar surface area (TPSA) is 62.4 Å². The number of amides is 1. The Morgan fingerprint density at radius 1 is 1.35 bits per heavy atom. The molecule has 0 saturated carbocycles. The number of carbonyl (C=O) groups is 1. The lowest BCUT2D eigenvalue weighted by Crippen LogP contribution is -2.50. The number of nitrogens with one attached hydrogen (secondary N) is 3. The first-order valence-electron chi connectivity index (χ1n) is 6.41. The molecule has 0 heterocycles. The monoisotopic (exact) mass is 295 g/mol. The molecule has 6 heteroatoms. The summed E-state index contributed by atoms with van der Waals surface area (Å²) in [6, 6.07) is 7.86. The second-order valence-corrected chi connectivity index (χ2v) is 5.01. The van der Waals surface area contributed by atoms with E-state index in [0.717, 1.165) is 11.1 Å². The van der Waals surface area contributed by atoms with Gasteiger partial charge >= 0.3 is 0 Å². The van der Waals surface area contributed by atoms with Gasteiger partial charge in [0.15, 0.2) is 5.11 Å². The number of methoxy groups -OCH3 is 1. The van der Waals surface area contributed by atoms with Gasteiger partial charge in [0.05, 0.1) is 13.0 Å². The van der Waals surface area contributed by atoms with Gasteiger partial charge in [0.2, 0.25) is 5.91 Å². The highest BCUT2D eigenvalue weighted by atomic mass is 32.1. The van der Waals surface area contributed by atoms with Crippen LogP contribution in [0, 0.1) is 6.92 Å². The molecule has 3 N–H and O–H groups in total. The third-order valence-electron chi connectivity index (χ3n) is 2.72. The van der Waals surface area contributed by atoms with Crippen LogP contribution in [0.3, 0.4) is 0 Å². The Hall–Kier alpha value is -1.66. The second-order valence-electron chi connectivity index (χ2n) is 4.61. The fraction of sp³-hybridized carbons (Fsp3) is 0.429. The molecular weight excluding hydrogens is 274 g/mol. The van der Waals surface area contributed by atoms with E-state index in [0.29, 0.717) is 18.1 Å². The lowest BCUT2D eigenvalue weighted by Gasteiger charge is -2.16. The van der Waals surface area contributed by atoms with E-state index in [1.807, 2.05) is 38.1 Å². The number of aryl methyl sites for hydroxylation is 1. The molecule has 1 amide bonds. The number of benzene rings is 1. The number of thiocarbonyl (C=S) groups is 1. The summed E-state index contributed by atoms with van der Waals surface area (Å²) in [5.41, 5.74) is 7.34. The van der Waals surface area contributed by atoms with Crippen molar-refractivity contribution in [3.8, 4) is 0 Å². The van der Waals surface area contributed by atoms with Crippen LogP contribution in [0.15, 0.2) is 24.3 Å². The third kappa shape index (κ3) is 5.99. The number of carbonyl (C=O) groups excluding carboxylic acids is 1. The number of hydrazine groups is 1. The lowest BCUT2D eigenvalue weighted by molar-refractivity contribution is -0.121. The van der Waals surface area contributed by atoms with Crippen molar-refractivity contribution in [1.29, 1.82) is 0 Å². The maximum absolute atomic E-state index is 11.8. The fourth-order valence-electron chi connectivity index (χ4n) is 1.70. The van der Waals surface area contributed by atoms with Crippen LogP contribution < -0.4 is 16.2 Å². The van der Waals surface area contributed by atoms with Gasteiger partial charge in [0.25, 0.3) is 0 Å². The minimum atomic E-state index is -0.136. The molecule has 0 unspecified atom stereocenters. The summed E-state index contributed by atoms with van der Waals surface area (Å²) >= 11 is 5.06. The minimum absolute atomic E-state index is 0.0771. The van der Waals surface area contributed by atoms with Gasteiger partial charge in [-0.3, -0.25) is 15.6 Å². The quantitative estimate of drug-likeness (QED) is 0.560. The molecule has 0 fully saturated rings. The van der Waals surface area contributed by atoms with E-state index in [4.69, 9.17) is 17.0 Å². The van der Waals surface area contributed by atoms with Gasteiger partial charge in [-0.05, 0) is 37.2 Å². The van der Waals surface area contributed by atoms with E-state index in [2.05, 4.69) is 16.2 Å². The maximum Gasteiger partial charge on any atom is 0.242 e. The molecule has 1 aromatic carbocycles. The zero-order valence-electron chi connectivity index (χ0n) is 12.0. The summed E-state index contributed by atoms with van der Waals surface area (Å²) in [5, 5.41) is 3.36. The van der Waals surface area contributed by atoms with E-state index >= 15 is 0 Å². The van der Waals surface area contributed by atoms with Gasteiger partial charge in [0, 0.05) is 13.2 Å². The highest BCUT2D eigenvalue weighted by Gasteiger charge is 2.07. The van der Waals surface area contributed by atoms with Crippen LogP contribution in [0.25, 0.3) is 0 Å². The molecule has 0 aromatic heterocycles. The van der Waals surface area contributed by atoms with E-state index in [1.54, 1.807) is 7.11 Å². The Morgan fingerprint density at radius 3 is 2.70 bits per heavy atom. The van der Waals surface area contributed by atoms with Gasteiger partial charge in [-0.2, -0.15) is 0 Å². The highest BCUT2D eigenvalue weighted by molar-refractivity contribution is 7.80. The molecule has 0 aliphatic heterocycles. The first-order valence-corrected chi connectivity index (χ1v) is 6.82. The maximum atomic E-state index is 11.8. The summed E-state index contributed by atoms with van der Waals surface area (Å²) < 4.78 is 4.99. The molecule has 1 aromatic rings. The molecule has 0 spiro atoms. The molecule has 110 valence electrons. The smallest absolute Gasteiger partial charge is 0.242 e. The Labute approximate surface area is 125 Å². The first-order chi connectivity index (χ1) is 9.52. The Balaban J connectivity index is 2.33. The van der Waals surface area contributed by atoms with E-state index in [-0.39, 0.29) is 11.9 Å². The summed E-state index contributed by atoms with van der Waals surface area (Å²) in [6.07, 6.45) is 0.315. The number of hydrogen-bond donors (Lipinski definition) is 3. The van der Waals surface area contributed by atoms with E-state index in [1.165, 1.54) is 0 Å². The molecule has 0 aliphatic carbocycles. The average molecular weight is 295 g/mol. The minimum Gasteiger partial charge on any atom is -0.383 e. The zero-order valence-corrected chi connectivity index (χ0v) is 12.8. The van der Waals surface area contributed by atoms with Crippen LogP contribution in [-0.4, -0.2) is 30.8 Å². The van der Waals surface area contributed by atoms with Crippen molar-refractivity contribution in [1.82, 2.24) is 16.2 Å². The largest absolute Gasteiger partial charge is 0.383 e. The van der Waals surface area contributed by atoms with Crippen LogP contribution in [0.1, 0.15) is 18.1 Å². The van der Waals surface area contributed by atoms with Crippen LogP contribution in [0.2, 0.25) is 0 Å². The SMILES string of the molecule is COC[C@@H](C)NC(=S)NNC(=O)Cc1ccccc1C. The Kier molecular flexibility index (Phi) is 6.97. The van der Waals surface area contributed by atoms with Crippen LogP contribution in [0.4, 0.5) is 0 Å². The summed E-state index contributed by atoms with van der Waals surface area (Å²) in [5.74, 6) is -0.136. The van der Waals surface area contributed by atoms with Crippen LogP contribution in [-0.2, 0) is 16.0 Å². The molecule has 5 nitrogen and oxygen atoms in total. The van der Waals surface area contributed by atoms with Gasteiger partial charge in [0.1, 0.15) is 0 Å². The van der Waals surface area contributed by atoms with Gasteiger partial charge in [-0.15, -0.1) is 0 Å². The predicted octanol–water partition coefficient (Wildman–Crippen LogP) is 1.07. The molecule has 0 saturated heterocycles. The molecular formula is C14H21N3O2S. The number of hydrogen-bond acceptors (Lipinski definition) is 3. The molecule has 1 rings (SSSR count). The first kappa shape index (κ1) is 16.4. The van der Waals surface area contributed by atoms with Crippen molar-refractivity contribution in [2.75, 3.05) is 13.7 Å². The molecule has 0 aliphatic rings. The van der Waals surface area contributed by atoms with Crippen LogP contribution in [0.5, 0.6) is 0 Å². The van der Waals surface area contributed by atoms with Gasteiger partial charge in [-0.1, -0.05) is 24.3 Å². The fourth-order valence-corrected chi connectivity index (χ4v) is 1.96. The lowest BCUT2D eigenvalue weighted by atomic mass is 10.1. The van der Waals surface area contributed by atoms with Crippen molar-refractivity contribution in [3.05, 3.63) is 35.4 Å². The molecule has 0 bridgehead atoms. The molecule has 0 radical (unpaired) electrons. The second kappa shape index (κ2) is 8.50.